The molecule has 0 atom stereocenters. The maximum atomic E-state index is 5.01. The molecule has 0 aromatic rings. The van der Waals surface area contributed by atoms with Crippen molar-refractivity contribution in [1.82, 2.24) is 5.32 Å². The molecule has 0 saturated carbocycles. The van der Waals surface area contributed by atoms with E-state index in [-0.39, 0.29) is 0 Å². The fraction of sp³-hybridized carbons (Fsp3) is 0.500. The average molecular weight is 159 g/mol. The molecule has 0 bridgehead atoms. The van der Waals surface area contributed by atoms with Crippen molar-refractivity contribution >= 4 is 29.0 Å². The van der Waals surface area contributed by atoms with Crippen molar-refractivity contribution in [3.05, 3.63) is 11.0 Å². The summed E-state index contributed by atoms with van der Waals surface area (Å²) in [6, 6.07) is 0. The first-order valence-corrected chi connectivity index (χ1v) is 4.54. The highest BCUT2D eigenvalue weighted by atomic mass is 32.2. The first-order chi connectivity index (χ1) is 4.34. The van der Waals surface area contributed by atoms with Crippen LogP contribution in [0.3, 0.4) is 0 Å². The molecule has 50 valence electrons. The molecule has 0 spiro atoms. The Kier molecular flexibility index (Phi) is 2.54. The SMILES string of the molecule is CS/C=C1\CCNC1=S. The van der Waals surface area contributed by atoms with E-state index in [9.17, 15) is 0 Å². The molecule has 1 aliphatic heterocycles. The summed E-state index contributed by atoms with van der Waals surface area (Å²) in [4.78, 5) is 0.935. The minimum atomic E-state index is 0.935. The second-order valence-corrected chi connectivity index (χ2v) is 3.00. The van der Waals surface area contributed by atoms with Crippen LogP contribution < -0.4 is 5.32 Å². The standard InChI is InChI=1S/C6H9NS2/c1-9-4-5-2-3-7-6(5)8/h4H,2-3H2,1H3,(H,7,8)/b5-4+. The van der Waals surface area contributed by atoms with Gasteiger partial charge in [-0.15, -0.1) is 11.8 Å². The van der Waals surface area contributed by atoms with Crippen molar-refractivity contribution in [3.63, 3.8) is 0 Å². The molecule has 1 N–H and O–H groups in total. The summed E-state index contributed by atoms with van der Waals surface area (Å²) in [7, 11) is 0. The molecule has 3 heteroatoms. The number of hydrogen-bond donors (Lipinski definition) is 1. The number of thiocarbonyl (C=S) groups is 1. The van der Waals surface area contributed by atoms with Gasteiger partial charge in [0.2, 0.25) is 0 Å². The van der Waals surface area contributed by atoms with Gasteiger partial charge in [0.05, 0.1) is 0 Å². The van der Waals surface area contributed by atoms with Gasteiger partial charge in [0.1, 0.15) is 4.99 Å². The smallest absolute Gasteiger partial charge is 0.103 e. The summed E-state index contributed by atoms with van der Waals surface area (Å²) in [5.41, 5.74) is 1.29. The first kappa shape index (κ1) is 7.09. The summed E-state index contributed by atoms with van der Waals surface area (Å²) < 4.78 is 0. The fourth-order valence-electron chi connectivity index (χ4n) is 0.792. The third kappa shape index (κ3) is 1.69. The normalized spacial score (nSPS) is 22.8. The highest BCUT2D eigenvalue weighted by Crippen LogP contribution is 2.12. The Hall–Kier alpha value is -0.0200. The second kappa shape index (κ2) is 3.22. The molecule has 9 heavy (non-hydrogen) atoms. The Labute approximate surface area is 64.9 Å². The fourth-order valence-corrected chi connectivity index (χ4v) is 1.65. The van der Waals surface area contributed by atoms with E-state index in [1.807, 2.05) is 6.26 Å². The van der Waals surface area contributed by atoms with Crippen LogP contribution in [0.5, 0.6) is 0 Å². The molecule has 0 amide bonds. The molecule has 1 heterocycles. The Morgan fingerprint density at radius 1 is 1.78 bits per heavy atom. The number of nitrogens with one attached hydrogen (secondary N) is 1. The largest absolute Gasteiger partial charge is 0.376 e. The highest BCUT2D eigenvalue weighted by Gasteiger charge is 2.10. The highest BCUT2D eigenvalue weighted by molar-refractivity contribution is 8.01. The Morgan fingerprint density at radius 2 is 2.56 bits per heavy atom. The van der Waals surface area contributed by atoms with Gasteiger partial charge in [-0.25, -0.2) is 0 Å². The topological polar surface area (TPSA) is 12.0 Å². The Bertz CT molecular complexity index is 151. The van der Waals surface area contributed by atoms with Crippen LogP contribution in [0.2, 0.25) is 0 Å². The molecule has 1 aliphatic rings. The lowest BCUT2D eigenvalue weighted by Gasteiger charge is -1.91. The van der Waals surface area contributed by atoms with Gasteiger partial charge in [-0.2, -0.15) is 0 Å². The predicted molar refractivity (Wildman–Crippen MR) is 46.8 cm³/mol. The van der Waals surface area contributed by atoms with Crippen LogP contribution in [0, 0.1) is 0 Å². The molecule has 1 fully saturated rings. The summed E-state index contributed by atoms with van der Waals surface area (Å²) in [6.07, 6.45) is 3.15. The van der Waals surface area contributed by atoms with Gasteiger partial charge in [0.15, 0.2) is 0 Å². The molecule has 1 saturated heterocycles. The van der Waals surface area contributed by atoms with E-state index in [1.54, 1.807) is 11.8 Å². The van der Waals surface area contributed by atoms with E-state index in [4.69, 9.17) is 12.2 Å². The van der Waals surface area contributed by atoms with Gasteiger partial charge in [-0.3, -0.25) is 0 Å². The van der Waals surface area contributed by atoms with E-state index in [1.165, 1.54) is 5.57 Å². The van der Waals surface area contributed by atoms with Crippen molar-refractivity contribution in [3.8, 4) is 0 Å². The third-order valence-corrected chi connectivity index (χ3v) is 2.16. The van der Waals surface area contributed by atoms with Gasteiger partial charge in [-0.1, -0.05) is 12.2 Å². The van der Waals surface area contributed by atoms with Crippen LogP contribution in [-0.2, 0) is 0 Å². The van der Waals surface area contributed by atoms with Crippen molar-refractivity contribution < 1.29 is 0 Å². The van der Waals surface area contributed by atoms with E-state index in [0.29, 0.717) is 0 Å². The molecule has 0 aromatic carbocycles. The summed E-state index contributed by atoms with van der Waals surface area (Å²) in [5, 5.41) is 5.22. The number of thioether (sulfide) groups is 1. The first-order valence-electron chi connectivity index (χ1n) is 2.84. The average Bonchev–Trinajstić information content (AvgIpc) is 2.18. The molecule has 0 aromatic heterocycles. The molecular weight excluding hydrogens is 150 g/mol. The molecule has 0 aliphatic carbocycles. The summed E-state index contributed by atoms with van der Waals surface area (Å²) in [6.45, 7) is 1.02. The summed E-state index contributed by atoms with van der Waals surface area (Å²) >= 11 is 6.73. The van der Waals surface area contributed by atoms with Gasteiger partial charge in [0, 0.05) is 6.54 Å². The predicted octanol–water partition coefficient (Wildman–Crippen LogP) is 1.55. The van der Waals surface area contributed by atoms with Crippen molar-refractivity contribution in [2.45, 2.75) is 6.42 Å². The lowest BCUT2D eigenvalue weighted by atomic mass is 10.3. The summed E-state index contributed by atoms with van der Waals surface area (Å²) in [5.74, 6) is 0. The molecule has 0 radical (unpaired) electrons. The number of rotatable bonds is 1. The quantitative estimate of drug-likeness (QED) is 0.460. The van der Waals surface area contributed by atoms with E-state index >= 15 is 0 Å². The minimum absolute atomic E-state index is 0.935. The van der Waals surface area contributed by atoms with Gasteiger partial charge < -0.3 is 5.32 Å². The zero-order chi connectivity index (χ0) is 6.69. The second-order valence-electron chi connectivity index (χ2n) is 1.88. The van der Waals surface area contributed by atoms with E-state index < -0.39 is 0 Å². The minimum Gasteiger partial charge on any atom is -0.376 e. The lowest BCUT2D eigenvalue weighted by molar-refractivity contribution is 0.959. The zero-order valence-electron chi connectivity index (χ0n) is 5.31. The van der Waals surface area contributed by atoms with Crippen molar-refractivity contribution in [1.29, 1.82) is 0 Å². The Morgan fingerprint density at radius 3 is 3.00 bits per heavy atom. The monoisotopic (exact) mass is 159 g/mol. The van der Waals surface area contributed by atoms with Gasteiger partial charge >= 0.3 is 0 Å². The van der Waals surface area contributed by atoms with Crippen LogP contribution in [0.4, 0.5) is 0 Å². The third-order valence-electron chi connectivity index (χ3n) is 1.23. The molecule has 1 nitrogen and oxygen atoms in total. The molecule has 1 rings (SSSR count). The van der Waals surface area contributed by atoms with Crippen molar-refractivity contribution in [2.24, 2.45) is 0 Å². The van der Waals surface area contributed by atoms with Crippen LogP contribution in [-0.4, -0.2) is 17.8 Å². The maximum Gasteiger partial charge on any atom is 0.103 e. The number of hydrogen-bond acceptors (Lipinski definition) is 2. The van der Waals surface area contributed by atoms with Gasteiger partial charge in [-0.05, 0) is 23.7 Å². The van der Waals surface area contributed by atoms with Crippen LogP contribution >= 0.6 is 24.0 Å². The van der Waals surface area contributed by atoms with Crippen LogP contribution in [0.1, 0.15) is 6.42 Å². The van der Waals surface area contributed by atoms with E-state index in [0.717, 1.165) is 18.0 Å². The lowest BCUT2D eigenvalue weighted by Crippen LogP contribution is -2.11. The van der Waals surface area contributed by atoms with Crippen molar-refractivity contribution in [2.75, 3.05) is 12.8 Å². The molecule has 0 unspecified atom stereocenters. The van der Waals surface area contributed by atoms with Crippen LogP contribution in [0.25, 0.3) is 0 Å². The van der Waals surface area contributed by atoms with Crippen LogP contribution in [0.15, 0.2) is 11.0 Å². The van der Waals surface area contributed by atoms with E-state index in [2.05, 4.69) is 10.7 Å². The zero-order valence-corrected chi connectivity index (χ0v) is 6.94. The maximum absolute atomic E-state index is 5.01. The van der Waals surface area contributed by atoms with Gasteiger partial charge in [0.25, 0.3) is 0 Å². The molecular formula is C6H9NS2. The Balaban J connectivity index is 2.59.